The molecule has 0 bridgehead atoms. The largest absolute Gasteiger partial charge is 0.330 e. The fraction of sp³-hybridized carbons (Fsp3) is 0.583. The summed E-state index contributed by atoms with van der Waals surface area (Å²) >= 11 is 1.70. The van der Waals surface area contributed by atoms with Crippen LogP contribution >= 0.6 is 11.3 Å². The second-order valence-electron chi connectivity index (χ2n) is 4.36. The summed E-state index contributed by atoms with van der Waals surface area (Å²) in [6.07, 6.45) is 6.26. The van der Waals surface area contributed by atoms with Crippen LogP contribution in [0.2, 0.25) is 0 Å². The normalized spacial score (nSPS) is 19.7. The van der Waals surface area contributed by atoms with E-state index in [-0.39, 0.29) is 5.41 Å². The molecular formula is C12H16N2S. The Morgan fingerprint density at radius 1 is 1.40 bits per heavy atom. The van der Waals surface area contributed by atoms with Gasteiger partial charge in [-0.2, -0.15) is 5.26 Å². The molecule has 2 nitrogen and oxygen atoms in total. The third-order valence-electron chi connectivity index (χ3n) is 3.45. The Labute approximate surface area is 94.7 Å². The molecule has 1 aliphatic rings. The predicted octanol–water partition coefficient (Wildman–Crippen LogP) is 2.78. The third kappa shape index (κ3) is 1.92. The number of rotatable bonds is 2. The first-order valence-corrected chi connectivity index (χ1v) is 6.38. The number of nitrogens with zero attached hydrogens (tertiary/aromatic N) is 1. The highest BCUT2D eigenvalue weighted by molar-refractivity contribution is 7.10. The van der Waals surface area contributed by atoms with Gasteiger partial charge in [-0.25, -0.2) is 0 Å². The topological polar surface area (TPSA) is 49.8 Å². The Morgan fingerprint density at radius 3 is 2.67 bits per heavy atom. The van der Waals surface area contributed by atoms with Gasteiger partial charge in [0.1, 0.15) is 6.07 Å². The van der Waals surface area contributed by atoms with Crippen molar-refractivity contribution in [1.82, 2.24) is 0 Å². The lowest BCUT2D eigenvalue weighted by Gasteiger charge is -2.35. The van der Waals surface area contributed by atoms with Crippen LogP contribution in [0.15, 0.2) is 11.4 Å². The van der Waals surface area contributed by atoms with Crippen LogP contribution < -0.4 is 5.73 Å². The van der Waals surface area contributed by atoms with Gasteiger partial charge in [0.15, 0.2) is 0 Å². The smallest absolute Gasteiger partial charge is 0.100 e. The van der Waals surface area contributed by atoms with Crippen LogP contribution in [0.25, 0.3) is 0 Å². The number of hydrogen-bond acceptors (Lipinski definition) is 3. The molecular weight excluding hydrogens is 204 g/mol. The molecule has 0 amide bonds. The Kier molecular flexibility index (Phi) is 3.08. The fourth-order valence-electron chi connectivity index (χ4n) is 2.45. The Morgan fingerprint density at radius 2 is 2.13 bits per heavy atom. The molecule has 80 valence electrons. The van der Waals surface area contributed by atoms with Gasteiger partial charge in [0.25, 0.3) is 0 Å². The lowest BCUT2D eigenvalue weighted by atomic mass is 9.73. The molecule has 0 saturated heterocycles. The molecule has 1 heterocycles. The monoisotopic (exact) mass is 220 g/mol. The average molecular weight is 220 g/mol. The molecule has 0 atom stereocenters. The molecule has 0 spiro atoms. The van der Waals surface area contributed by atoms with Gasteiger partial charge in [0.2, 0.25) is 0 Å². The zero-order valence-corrected chi connectivity index (χ0v) is 9.65. The summed E-state index contributed by atoms with van der Waals surface area (Å²) in [6.45, 7) is 0.721. The van der Waals surface area contributed by atoms with E-state index in [1.54, 1.807) is 11.3 Å². The van der Waals surface area contributed by atoms with Gasteiger partial charge in [-0.15, -0.1) is 11.3 Å². The molecule has 2 rings (SSSR count). The Balaban J connectivity index is 2.28. The molecule has 0 radical (unpaired) electrons. The highest BCUT2D eigenvalue weighted by atomic mass is 32.1. The second-order valence-corrected chi connectivity index (χ2v) is 5.27. The molecule has 2 N–H and O–H groups in total. The zero-order valence-electron chi connectivity index (χ0n) is 8.83. The summed E-state index contributed by atoms with van der Waals surface area (Å²) in [5.41, 5.74) is 6.91. The van der Waals surface area contributed by atoms with Crippen LogP contribution in [0, 0.1) is 11.3 Å². The predicted molar refractivity (Wildman–Crippen MR) is 62.9 cm³/mol. The van der Waals surface area contributed by atoms with Gasteiger partial charge >= 0.3 is 0 Å². The lowest BCUT2D eigenvalue weighted by molar-refractivity contribution is 0.306. The van der Waals surface area contributed by atoms with Gasteiger partial charge in [0, 0.05) is 22.2 Å². The van der Waals surface area contributed by atoms with Crippen molar-refractivity contribution in [3.63, 3.8) is 0 Å². The average Bonchev–Trinajstić information content (AvgIpc) is 2.79. The maximum absolute atomic E-state index is 8.83. The molecule has 15 heavy (non-hydrogen) atoms. The third-order valence-corrected chi connectivity index (χ3v) is 4.63. The van der Waals surface area contributed by atoms with Crippen molar-refractivity contribution in [3.8, 4) is 6.07 Å². The first-order valence-electron chi connectivity index (χ1n) is 5.50. The molecule has 0 aliphatic heterocycles. The van der Waals surface area contributed by atoms with E-state index < -0.39 is 0 Å². The van der Waals surface area contributed by atoms with E-state index in [4.69, 9.17) is 11.0 Å². The lowest BCUT2D eigenvalue weighted by Crippen LogP contribution is -2.36. The van der Waals surface area contributed by atoms with Crippen molar-refractivity contribution in [3.05, 3.63) is 21.9 Å². The summed E-state index contributed by atoms with van der Waals surface area (Å²) in [4.78, 5) is 1.32. The summed E-state index contributed by atoms with van der Waals surface area (Å²) in [5, 5.41) is 10.8. The number of thiophene rings is 1. The quantitative estimate of drug-likeness (QED) is 0.833. The molecule has 1 saturated carbocycles. The van der Waals surface area contributed by atoms with Crippen molar-refractivity contribution in [2.45, 2.75) is 37.5 Å². The van der Waals surface area contributed by atoms with Crippen molar-refractivity contribution >= 4 is 11.3 Å². The molecule has 0 unspecified atom stereocenters. The summed E-state index contributed by atoms with van der Waals surface area (Å²) in [5.74, 6) is 0. The van der Waals surface area contributed by atoms with E-state index in [0.717, 1.165) is 12.1 Å². The van der Waals surface area contributed by atoms with Crippen LogP contribution in [0.1, 0.15) is 42.5 Å². The molecule has 3 heteroatoms. The number of hydrogen-bond donors (Lipinski definition) is 1. The first-order chi connectivity index (χ1) is 7.30. The van der Waals surface area contributed by atoms with Crippen molar-refractivity contribution in [1.29, 1.82) is 5.26 Å². The maximum atomic E-state index is 8.83. The van der Waals surface area contributed by atoms with Gasteiger partial charge in [0.05, 0.1) is 5.56 Å². The molecule has 0 aromatic carbocycles. The van der Waals surface area contributed by atoms with E-state index >= 15 is 0 Å². The van der Waals surface area contributed by atoms with Crippen molar-refractivity contribution in [2.75, 3.05) is 6.54 Å². The second kappa shape index (κ2) is 4.34. The van der Waals surface area contributed by atoms with Gasteiger partial charge in [-0.1, -0.05) is 19.3 Å². The molecule has 1 aliphatic carbocycles. The molecule has 1 fully saturated rings. The zero-order chi connectivity index (χ0) is 10.7. The van der Waals surface area contributed by atoms with E-state index in [0.29, 0.717) is 0 Å². The van der Waals surface area contributed by atoms with E-state index in [9.17, 15) is 0 Å². The van der Waals surface area contributed by atoms with Crippen molar-refractivity contribution < 1.29 is 0 Å². The standard InChI is InChI=1S/C12H16N2S/c13-7-10-6-11(15-8-10)12(9-14)4-2-1-3-5-12/h6,8H,1-5,9,14H2. The van der Waals surface area contributed by atoms with Crippen molar-refractivity contribution in [2.24, 2.45) is 5.73 Å². The van der Waals surface area contributed by atoms with E-state index in [1.165, 1.54) is 37.0 Å². The Hall–Kier alpha value is -0.850. The Bertz CT molecular complexity index is 369. The van der Waals surface area contributed by atoms with Crippen LogP contribution in [0.5, 0.6) is 0 Å². The molecule has 1 aromatic rings. The van der Waals surface area contributed by atoms with Crippen LogP contribution in [-0.2, 0) is 5.41 Å². The van der Waals surface area contributed by atoms with Gasteiger partial charge in [-0.3, -0.25) is 0 Å². The minimum absolute atomic E-state index is 0.179. The summed E-state index contributed by atoms with van der Waals surface area (Å²) < 4.78 is 0. The van der Waals surface area contributed by atoms with E-state index in [2.05, 4.69) is 6.07 Å². The summed E-state index contributed by atoms with van der Waals surface area (Å²) in [7, 11) is 0. The van der Waals surface area contributed by atoms with Crippen LogP contribution in [0.4, 0.5) is 0 Å². The highest BCUT2D eigenvalue weighted by Gasteiger charge is 2.33. The number of nitrogens with two attached hydrogens (primary N) is 1. The minimum atomic E-state index is 0.179. The van der Waals surface area contributed by atoms with Crippen LogP contribution in [-0.4, -0.2) is 6.54 Å². The minimum Gasteiger partial charge on any atom is -0.330 e. The SMILES string of the molecule is N#Cc1csc(C2(CN)CCCCC2)c1. The van der Waals surface area contributed by atoms with Gasteiger partial charge in [-0.05, 0) is 18.9 Å². The number of nitriles is 1. The maximum Gasteiger partial charge on any atom is 0.100 e. The molecule has 1 aromatic heterocycles. The van der Waals surface area contributed by atoms with E-state index in [1.807, 2.05) is 11.4 Å². The summed E-state index contributed by atoms with van der Waals surface area (Å²) in [6, 6.07) is 4.23. The fourth-order valence-corrected chi connectivity index (χ4v) is 3.56. The van der Waals surface area contributed by atoms with Gasteiger partial charge < -0.3 is 5.73 Å². The van der Waals surface area contributed by atoms with Crippen LogP contribution in [0.3, 0.4) is 0 Å². The first kappa shape index (κ1) is 10.7. The highest BCUT2D eigenvalue weighted by Crippen LogP contribution is 2.41.